The number of nitrogens with one attached hydrogen (secondary N) is 1. The normalized spacial score (nSPS) is 10.6. The van der Waals surface area contributed by atoms with Gasteiger partial charge in [0.25, 0.3) is 5.91 Å². The Hall–Kier alpha value is -3.18. The van der Waals surface area contributed by atoms with Gasteiger partial charge in [0.05, 0.1) is 16.9 Å². The molecule has 1 aromatic heterocycles. The molecule has 0 aliphatic heterocycles. The Kier molecular flexibility index (Phi) is 5.35. The molecule has 0 unspecified atom stereocenters. The van der Waals surface area contributed by atoms with Gasteiger partial charge in [-0.15, -0.1) is 0 Å². The third kappa shape index (κ3) is 3.89. The summed E-state index contributed by atoms with van der Waals surface area (Å²) in [6.07, 6.45) is 1.97. The van der Waals surface area contributed by atoms with Crippen molar-refractivity contribution in [1.82, 2.24) is 15.1 Å². The van der Waals surface area contributed by atoms with Gasteiger partial charge in [-0.25, -0.2) is 4.68 Å². The molecule has 3 aromatic carbocycles. The number of aromatic nitrogens is 2. The molecule has 4 rings (SSSR count). The van der Waals surface area contributed by atoms with Crippen LogP contribution in [0.5, 0.6) is 0 Å². The summed E-state index contributed by atoms with van der Waals surface area (Å²) in [5, 5.41) is 7.78. The molecule has 0 aliphatic carbocycles. The maximum atomic E-state index is 12.6. The first-order chi connectivity index (χ1) is 13.7. The van der Waals surface area contributed by atoms with Gasteiger partial charge >= 0.3 is 0 Å². The van der Waals surface area contributed by atoms with Crippen molar-refractivity contribution in [2.45, 2.75) is 6.54 Å². The summed E-state index contributed by atoms with van der Waals surface area (Å²) in [5.74, 6) is -0.126. The van der Waals surface area contributed by atoms with E-state index < -0.39 is 0 Å². The molecule has 0 spiro atoms. The molecule has 28 heavy (non-hydrogen) atoms. The van der Waals surface area contributed by atoms with Crippen LogP contribution in [0, 0.1) is 0 Å². The fourth-order valence-corrected chi connectivity index (χ4v) is 3.47. The minimum Gasteiger partial charge on any atom is -0.348 e. The van der Waals surface area contributed by atoms with Gasteiger partial charge in [-0.3, -0.25) is 4.79 Å². The number of carbonyl (C=O) groups excluding carboxylic acids is 1. The third-order valence-electron chi connectivity index (χ3n) is 4.42. The molecule has 1 amide bonds. The van der Waals surface area contributed by atoms with Crippen LogP contribution < -0.4 is 5.32 Å². The number of hydrogen-bond donors (Lipinski definition) is 1. The Bertz CT molecular complexity index is 1090. The predicted molar refractivity (Wildman–Crippen MR) is 114 cm³/mol. The lowest BCUT2D eigenvalue weighted by Crippen LogP contribution is -2.23. The van der Waals surface area contributed by atoms with Gasteiger partial charge in [0.1, 0.15) is 0 Å². The van der Waals surface area contributed by atoms with Crippen LogP contribution in [-0.2, 0) is 6.54 Å². The highest BCUT2D eigenvalue weighted by atomic mass is 79.9. The summed E-state index contributed by atoms with van der Waals surface area (Å²) >= 11 is 3.43. The highest BCUT2D eigenvalue weighted by Crippen LogP contribution is 2.24. The van der Waals surface area contributed by atoms with Gasteiger partial charge in [0.15, 0.2) is 0 Å². The maximum absolute atomic E-state index is 12.6. The van der Waals surface area contributed by atoms with E-state index in [0.29, 0.717) is 12.1 Å². The second-order valence-corrected chi connectivity index (χ2v) is 7.17. The second kappa shape index (κ2) is 8.23. The van der Waals surface area contributed by atoms with Crippen LogP contribution in [0.4, 0.5) is 0 Å². The van der Waals surface area contributed by atoms with Gasteiger partial charge in [0, 0.05) is 28.3 Å². The predicted octanol–water partition coefficient (Wildman–Crippen LogP) is 5.23. The summed E-state index contributed by atoms with van der Waals surface area (Å²) < 4.78 is 2.62. The van der Waals surface area contributed by atoms with E-state index in [2.05, 4.69) is 21.2 Å². The van der Waals surface area contributed by atoms with E-state index in [9.17, 15) is 4.79 Å². The molecule has 0 fully saturated rings. The maximum Gasteiger partial charge on any atom is 0.252 e. The molecule has 138 valence electrons. The Labute approximate surface area is 172 Å². The van der Waals surface area contributed by atoms with E-state index in [1.807, 2.05) is 89.7 Å². The smallest absolute Gasteiger partial charge is 0.252 e. The second-order valence-electron chi connectivity index (χ2n) is 6.31. The fraction of sp³-hybridized carbons (Fsp3) is 0.0435. The molecule has 4 aromatic rings. The first-order valence-electron chi connectivity index (χ1n) is 8.94. The molecular formula is C23H18BrN3O. The van der Waals surface area contributed by atoms with Crippen LogP contribution in [0.3, 0.4) is 0 Å². The monoisotopic (exact) mass is 431 g/mol. The lowest BCUT2D eigenvalue weighted by atomic mass is 10.1. The van der Waals surface area contributed by atoms with Gasteiger partial charge < -0.3 is 5.32 Å². The van der Waals surface area contributed by atoms with Crippen molar-refractivity contribution in [3.63, 3.8) is 0 Å². The van der Waals surface area contributed by atoms with Crippen molar-refractivity contribution in [1.29, 1.82) is 0 Å². The highest BCUT2D eigenvalue weighted by molar-refractivity contribution is 9.10. The Morgan fingerprint density at radius 3 is 2.25 bits per heavy atom. The van der Waals surface area contributed by atoms with Crippen molar-refractivity contribution in [3.05, 3.63) is 107 Å². The summed E-state index contributed by atoms with van der Waals surface area (Å²) in [6.45, 7) is 0.386. The molecular weight excluding hydrogens is 414 g/mol. The molecule has 4 nitrogen and oxygen atoms in total. The van der Waals surface area contributed by atoms with Crippen LogP contribution in [0.1, 0.15) is 15.9 Å². The van der Waals surface area contributed by atoms with Crippen molar-refractivity contribution in [2.75, 3.05) is 0 Å². The summed E-state index contributed by atoms with van der Waals surface area (Å²) in [4.78, 5) is 12.6. The largest absolute Gasteiger partial charge is 0.348 e. The zero-order valence-electron chi connectivity index (χ0n) is 15.0. The zero-order valence-corrected chi connectivity index (χ0v) is 16.6. The van der Waals surface area contributed by atoms with Crippen molar-refractivity contribution < 1.29 is 4.79 Å². The summed E-state index contributed by atoms with van der Waals surface area (Å²) in [7, 11) is 0. The van der Waals surface area contributed by atoms with Gasteiger partial charge in [-0.1, -0.05) is 60.7 Å². The average molecular weight is 432 g/mol. The van der Waals surface area contributed by atoms with Gasteiger partial charge in [0.2, 0.25) is 0 Å². The third-order valence-corrected chi connectivity index (χ3v) is 5.11. The quantitative estimate of drug-likeness (QED) is 0.470. The van der Waals surface area contributed by atoms with Crippen molar-refractivity contribution in [2.24, 2.45) is 0 Å². The van der Waals surface area contributed by atoms with Crippen LogP contribution in [0.25, 0.3) is 16.9 Å². The summed E-state index contributed by atoms with van der Waals surface area (Å²) in [5.41, 5.74) is 4.41. The van der Waals surface area contributed by atoms with Crippen LogP contribution in [0.2, 0.25) is 0 Å². The Morgan fingerprint density at radius 1 is 0.893 bits per heavy atom. The van der Waals surface area contributed by atoms with Gasteiger partial charge in [-0.05, 0) is 40.2 Å². The molecule has 0 aliphatic rings. The number of amides is 1. The number of nitrogens with zero attached hydrogens (tertiary/aromatic N) is 2. The number of rotatable bonds is 5. The molecule has 0 radical (unpaired) electrons. The minimum absolute atomic E-state index is 0.126. The number of para-hydroxylation sites is 1. The van der Waals surface area contributed by atoms with E-state index in [4.69, 9.17) is 5.10 Å². The van der Waals surface area contributed by atoms with E-state index in [1.54, 1.807) is 6.07 Å². The SMILES string of the molecule is O=C(NCc1cn(-c2ccccc2)nc1-c1ccccc1)c1ccccc1Br. The first-order valence-corrected chi connectivity index (χ1v) is 9.74. The van der Waals surface area contributed by atoms with E-state index in [-0.39, 0.29) is 5.91 Å². The molecule has 0 saturated heterocycles. The van der Waals surface area contributed by atoms with E-state index in [1.165, 1.54) is 0 Å². The lowest BCUT2D eigenvalue weighted by Gasteiger charge is -2.07. The Balaban J connectivity index is 1.64. The topological polar surface area (TPSA) is 46.9 Å². The molecule has 1 N–H and O–H groups in total. The zero-order chi connectivity index (χ0) is 19.3. The molecule has 0 bridgehead atoms. The molecule has 5 heteroatoms. The molecule has 0 atom stereocenters. The lowest BCUT2D eigenvalue weighted by molar-refractivity contribution is 0.0950. The summed E-state index contributed by atoms with van der Waals surface area (Å²) in [6, 6.07) is 27.3. The number of hydrogen-bond acceptors (Lipinski definition) is 2. The standard InChI is InChI=1S/C23H18BrN3O/c24-21-14-8-7-13-20(21)23(28)25-15-18-16-27(19-11-5-2-6-12-19)26-22(18)17-9-3-1-4-10-17/h1-14,16H,15H2,(H,25,28). The highest BCUT2D eigenvalue weighted by Gasteiger charge is 2.14. The first kappa shape index (κ1) is 18.2. The average Bonchev–Trinajstić information content (AvgIpc) is 3.18. The van der Waals surface area contributed by atoms with Crippen molar-refractivity contribution >= 4 is 21.8 Å². The minimum atomic E-state index is -0.126. The number of carbonyl (C=O) groups is 1. The Morgan fingerprint density at radius 2 is 1.54 bits per heavy atom. The van der Waals surface area contributed by atoms with Crippen molar-refractivity contribution in [3.8, 4) is 16.9 Å². The van der Waals surface area contributed by atoms with Gasteiger partial charge in [-0.2, -0.15) is 5.10 Å². The molecule has 1 heterocycles. The fourth-order valence-electron chi connectivity index (χ4n) is 3.01. The van der Waals surface area contributed by atoms with Crippen LogP contribution in [0.15, 0.2) is 95.6 Å². The molecule has 0 saturated carbocycles. The van der Waals surface area contributed by atoms with E-state index >= 15 is 0 Å². The van der Waals surface area contributed by atoms with Crippen LogP contribution in [-0.4, -0.2) is 15.7 Å². The number of benzene rings is 3. The van der Waals surface area contributed by atoms with Crippen LogP contribution >= 0.6 is 15.9 Å². The van der Waals surface area contributed by atoms with E-state index in [0.717, 1.165) is 27.0 Å². The number of halogens is 1.